The van der Waals surface area contributed by atoms with Gasteiger partial charge in [-0.2, -0.15) is 0 Å². The Morgan fingerprint density at radius 2 is 1.71 bits per heavy atom. The predicted octanol–water partition coefficient (Wildman–Crippen LogP) is 4.76. The average molecular weight is 442 g/mol. The first kappa shape index (κ1) is 22.2. The summed E-state index contributed by atoms with van der Waals surface area (Å²) in [5.74, 6) is 0.581. The summed E-state index contributed by atoms with van der Waals surface area (Å²) < 4.78 is 22.0. The highest BCUT2D eigenvalue weighted by Gasteiger charge is 2.21. The van der Waals surface area contributed by atoms with Crippen LogP contribution in [0.4, 0.5) is 5.00 Å². The number of carbonyl (C=O) groups is 2. The molecule has 0 fully saturated rings. The van der Waals surface area contributed by atoms with Crippen molar-refractivity contribution in [1.82, 2.24) is 0 Å². The number of carbonyl (C=O) groups excluding carboxylic acids is 2. The molecule has 0 atom stereocenters. The molecule has 31 heavy (non-hydrogen) atoms. The highest BCUT2D eigenvalue weighted by Crippen LogP contribution is 2.39. The number of anilines is 1. The smallest absolute Gasteiger partial charge is 0.341 e. The largest absolute Gasteiger partial charge is 0.493 e. The molecule has 0 bridgehead atoms. The molecule has 0 radical (unpaired) electrons. The minimum absolute atomic E-state index is 0.247. The lowest BCUT2D eigenvalue weighted by molar-refractivity contribution is -0.111. The fourth-order valence-corrected chi connectivity index (χ4v) is 4.16. The second kappa shape index (κ2) is 9.99. The van der Waals surface area contributed by atoms with Gasteiger partial charge in [0, 0.05) is 16.2 Å². The number of benzene rings is 2. The molecule has 2 aromatic carbocycles. The molecule has 0 unspecified atom stereocenters. The number of rotatable bonds is 8. The molecule has 0 saturated carbocycles. The van der Waals surface area contributed by atoms with Crippen LogP contribution >= 0.6 is 11.3 Å². The first-order chi connectivity index (χ1) is 15.0. The van der Waals surface area contributed by atoms with E-state index in [2.05, 4.69) is 5.32 Å². The number of nitrogens with one attached hydrogen (secondary N) is 1. The molecule has 0 aliphatic carbocycles. The van der Waals surface area contributed by atoms with E-state index in [1.54, 1.807) is 25.1 Å². The van der Waals surface area contributed by atoms with Crippen molar-refractivity contribution in [3.63, 3.8) is 0 Å². The molecule has 1 aromatic heterocycles. The van der Waals surface area contributed by atoms with Gasteiger partial charge < -0.3 is 24.3 Å². The molecule has 0 aliphatic heterocycles. The fourth-order valence-electron chi connectivity index (χ4n) is 3.06. The van der Waals surface area contributed by atoms with E-state index in [-0.39, 0.29) is 12.5 Å². The van der Waals surface area contributed by atoms with Gasteiger partial charge in [-0.15, -0.1) is 11.3 Å². The number of ether oxygens (including phenoxy) is 4. The van der Waals surface area contributed by atoms with Gasteiger partial charge in [0.05, 0.1) is 27.9 Å². The van der Waals surface area contributed by atoms with Crippen molar-refractivity contribution in [2.24, 2.45) is 0 Å². The van der Waals surface area contributed by atoms with E-state index in [1.807, 2.05) is 24.3 Å². The Morgan fingerprint density at radius 3 is 2.32 bits per heavy atom. The highest BCUT2D eigenvalue weighted by molar-refractivity contribution is 7.23. The Balaban J connectivity index is 1.87. The monoisotopic (exact) mass is 441 g/mol. The molecule has 3 aromatic rings. The summed E-state index contributed by atoms with van der Waals surface area (Å²) in [6.07, 6.45) is 3.00. The first-order valence-electron chi connectivity index (χ1n) is 9.50. The van der Waals surface area contributed by atoms with Crippen LogP contribution in [0.2, 0.25) is 0 Å². The summed E-state index contributed by atoms with van der Waals surface area (Å²) >= 11 is 1.32. The summed E-state index contributed by atoms with van der Waals surface area (Å²) in [5, 5.41) is 3.98. The van der Waals surface area contributed by atoms with Crippen LogP contribution in [0.25, 0.3) is 16.2 Å². The van der Waals surface area contributed by atoms with E-state index in [9.17, 15) is 9.59 Å². The first-order valence-corrected chi connectivity index (χ1v) is 10.3. The molecule has 1 heterocycles. The van der Waals surface area contributed by atoms with Crippen LogP contribution in [-0.2, 0) is 9.53 Å². The van der Waals surface area contributed by atoms with E-state index in [4.69, 9.17) is 18.9 Å². The van der Waals surface area contributed by atoms with Crippen molar-refractivity contribution in [3.05, 3.63) is 53.6 Å². The van der Waals surface area contributed by atoms with Crippen molar-refractivity contribution < 1.29 is 28.5 Å². The predicted molar refractivity (Wildman–Crippen MR) is 122 cm³/mol. The summed E-state index contributed by atoms with van der Waals surface area (Å²) in [5.41, 5.74) is 1.04. The van der Waals surface area contributed by atoms with Crippen LogP contribution < -0.4 is 19.5 Å². The Labute approximate surface area is 184 Å². The van der Waals surface area contributed by atoms with Crippen LogP contribution in [-0.4, -0.2) is 39.8 Å². The lowest BCUT2D eigenvalue weighted by Crippen LogP contribution is -2.12. The number of hydrogen-bond acceptors (Lipinski definition) is 7. The minimum Gasteiger partial charge on any atom is -0.493 e. The third-order valence-electron chi connectivity index (χ3n) is 4.43. The van der Waals surface area contributed by atoms with Crippen LogP contribution in [0.3, 0.4) is 0 Å². The van der Waals surface area contributed by atoms with Crippen molar-refractivity contribution >= 4 is 44.4 Å². The lowest BCUT2D eigenvalue weighted by atomic mass is 10.1. The molecule has 0 aliphatic rings. The molecule has 0 saturated heterocycles. The standard InChI is InChI=1S/C23H23NO6S/c1-5-30-23(26)20-15-8-6-7-9-18(15)31-22(20)24-19(25)11-10-14-12-16(27-2)21(29-4)17(13-14)28-3/h6-13H,5H2,1-4H3,(H,24,25). The lowest BCUT2D eigenvalue weighted by Gasteiger charge is -2.12. The van der Waals surface area contributed by atoms with Gasteiger partial charge in [-0.1, -0.05) is 18.2 Å². The van der Waals surface area contributed by atoms with Crippen molar-refractivity contribution in [2.75, 3.05) is 33.3 Å². The molecular formula is C23H23NO6S. The zero-order chi connectivity index (χ0) is 22.4. The second-order valence-corrected chi connectivity index (χ2v) is 7.36. The second-order valence-electron chi connectivity index (χ2n) is 6.30. The Hall–Kier alpha value is -3.52. The van der Waals surface area contributed by atoms with Gasteiger partial charge in [-0.05, 0) is 36.8 Å². The molecule has 1 amide bonds. The van der Waals surface area contributed by atoms with Gasteiger partial charge in [0.2, 0.25) is 11.7 Å². The number of hydrogen-bond donors (Lipinski definition) is 1. The maximum atomic E-state index is 12.6. The van der Waals surface area contributed by atoms with Gasteiger partial charge in [0.1, 0.15) is 10.6 Å². The van der Waals surface area contributed by atoms with Crippen LogP contribution in [0.1, 0.15) is 22.8 Å². The van der Waals surface area contributed by atoms with E-state index < -0.39 is 5.97 Å². The summed E-state index contributed by atoms with van der Waals surface area (Å²) in [6.45, 7) is 1.99. The van der Waals surface area contributed by atoms with E-state index in [0.29, 0.717) is 33.4 Å². The SMILES string of the molecule is CCOC(=O)c1c(NC(=O)C=Cc2cc(OC)c(OC)c(OC)c2)sc2ccccc12. The van der Waals surface area contributed by atoms with Gasteiger partial charge in [0.15, 0.2) is 11.5 Å². The number of methoxy groups -OCH3 is 3. The summed E-state index contributed by atoms with van der Waals surface area (Å²) in [4.78, 5) is 25.1. The van der Waals surface area contributed by atoms with Crippen LogP contribution in [0.5, 0.6) is 17.2 Å². The molecule has 162 valence electrons. The number of esters is 1. The minimum atomic E-state index is -0.469. The molecule has 3 rings (SSSR count). The van der Waals surface area contributed by atoms with Gasteiger partial charge in [0.25, 0.3) is 0 Å². The third-order valence-corrected chi connectivity index (χ3v) is 5.51. The van der Waals surface area contributed by atoms with E-state index >= 15 is 0 Å². The van der Waals surface area contributed by atoms with Crippen molar-refractivity contribution in [3.8, 4) is 17.2 Å². The van der Waals surface area contributed by atoms with Crippen molar-refractivity contribution in [1.29, 1.82) is 0 Å². The quantitative estimate of drug-likeness (QED) is 0.401. The Kier molecular flexibility index (Phi) is 7.15. The van der Waals surface area contributed by atoms with E-state index in [1.165, 1.54) is 38.7 Å². The van der Waals surface area contributed by atoms with Crippen LogP contribution in [0.15, 0.2) is 42.5 Å². The molecule has 0 spiro atoms. The number of thiophene rings is 1. The maximum absolute atomic E-state index is 12.6. The summed E-state index contributed by atoms with van der Waals surface area (Å²) in [7, 11) is 4.57. The highest BCUT2D eigenvalue weighted by atomic mass is 32.1. The third kappa shape index (κ3) is 4.80. The number of amides is 1. The fraction of sp³-hybridized carbons (Fsp3) is 0.217. The Morgan fingerprint density at radius 1 is 1.03 bits per heavy atom. The summed E-state index contributed by atoms with van der Waals surface area (Å²) in [6, 6.07) is 10.9. The topological polar surface area (TPSA) is 83.1 Å². The maximum Gasteiger partial charge on any atom is 0.341 e. The van der Waals surface area contributed by atoms with Gasteiger partial charge in [-0.25, -0.2) is 4.79 Å². The van der Waals surface area contributed by atoms with Crippen molar-refractivity contribution in [2.45, 2.75) is 6.92 Å². The molecular weight excluding hydrogens is 418 g/mol. The normalized spacial score (nSPS) is 10.8. The molecule has 7 nitrogen and oxygen atoms in total. The van der Waals surface area contributed by atoms with Gasteiger partial charge >= 0.3 is 5.97 Å². The van der Waals surface area contributed by atoms with Crippen LogP contribution in [0, 0.1) is 0 Å². The Bertz CT molecular complexity index is 1110. The van der Waals surface area contributed by atoms with E-state index in [0.717, 1.165) is 10.1 Å². The zero-order valence-electron chi connectivity index (χ0n) is 17.7. The zero-order valence-corrected chi connectivity index (χ0v) is 18.5. The molecule has 8 heteroatoms. The van der Waals surface area contributed by atoms with Gasteiger partial charge in [-0.3, -0.25) is 4.79 Å². The average Bonchev–Trinajstić information content (AvgIpc) is 3.14. The molecule has 1 N–H and O–H groups in total. The number of fused-ring (bicyclic) bond motifs is 1.